The maximum absolute atomic E-state index is 12.4. The molecule has 0 aliphatic carbocycles. The van der Waals surface area contributed by atoms with Gasteiger partial charge in [0.25, 0.3) is 11.1 Å². The predicted octanol–water partition coefficient (Wildman–Crippen LogP) is 4.22. The summed E-state index contributed by atoms with van der Waals surface area (Å²) in [6.45, 7) is 6.89. The fourth-order valence-corrected chi connectivity index (χ4v) is 3.50. The van der Waals surface area contributed by atoms with Crippen molar-refractivity contribution in [1.82, 2.24) is 4.90 Å². The van der Waals surface area contributed by atoms with Crippen LogP contribution in [0.3, 0.4) is 0 Å². The highest BCUT2D eigenvalue weighted by Crippen LogP contribution is 2.34. The van der Waals surface area contributed by atoms with E-state index in [2.05, 4.69) is 15.9 Å². The molecule has 6 nitrogen and oxygen atoms in total. The van der Waals surface area contributed by atoms with Gasteiger partial charge in [-0.05, 0) is 79.2 Å². The Morgan fingerprint density at radius 2 is 1.92 bits per heavy atom. The van der Waals surface area contributed by atoms with E-state index in [1.165, 1.54) is 0 Å². The van der Waals surface area contributed by atoms with Gasteiger partial charge in [-0.3, -0.25) is 19.3 Å². The average molecular weight is 442 g/mol. The summed E-state index contributed by atoms with van der Waals surface area (Å²) < 4.78 is 11.4. The number of imide groups is 1. The van der Waals surface area contributed by atoms with Gasteiger partial charge in [-0.15, -0.1) is 0 Å². The Morgan fingerprint density at radius 1 is 1.23 bits per heavy atom. The van der Waals surface area contributed by atoms with Gasteiger partial charge in [0, 0.05) is 0 Å². The minimum absolute atomic E-state index is 0.0410. The molecule has 1 aliphatic heterocycles. The molecule has 0 unspecified atom stereocenters. The van der Waals surface area contributed by atoms with Crippen molar-refractivity contribution in [2.75, 3.05) is 6.54 Å². The molecule has 8 heteroatoms. The number of amides is 2. The van der Waals surface area contributed by atoms with Crippen molar-refractivity contribution in [3.05, 3.63) is 33.1 Å². The number of hydrogen-bond acceptors (Lipinski definition) is 6. The van der Waals surface area contributed by atoms with Gasteiger partial charge in [0.1, 0.15) is 12.3 Å². The summed E-state index contributed by atoms with van der Waals surface area (Å²) in [5.41, 5.74) is 0.739. The van der Waals surface area contributed by atoms with Gasteiger partial charge in [-0.25, -0.2) is 0 Å². The fraction of sp³-hybridized carbons (Fsp3) is 0.389. The molecule has 1 aliphatic rings. The minimum Gasteiger partial charge on any atom is -0.490 e. The summed E-state index contributed by atoms with van der Waals surface area (Å²) in [5, 5.41) is -0.485. The second kappa shape index (κ2) is 8.73. The molecule has 0 N–H and O–H groups in total. The van der Waals surface area contributed by atoms with Crippen LogP contribution in [0, 0.1) is 0 Å². The van der Waals surface area contributed by atoms with Crippen molar-refractivity contribution in [2.45, 2.75) is 39.9 Å². The topological polar surface area (TPSA) is 72.9 Å². The third-order valence-corrected chi connectivity index (χ3v) is 4.67. The zero-order chi connectivity index (χ0) is 19.4. The Balaban J connectivity index is 2.14. The molecule has 1 fully saturated rings. The van der Waals surface area contributed by atoms with Crippen LogP contribution in [-0.4, -0.2) is 40.8 Å². The lowest BCUT2D eigenvalue weighted by molar-refractivity contribution is -0.149. The normalized spacial score (nSPS) is 16.1. The van der Waals surface area contributed by atoms with Gasteiger partial charge in [-0.2, -0.15) is 0 Å². The SMILES string of the molecule is CC(C)OC(=O)CN1C(=O)S/C(=C\c2ccc(OC(C)C)c(Br)c2)C1=O. The van der Waals surface area contributed by atoms with Crippen molar-refractivity contribution in [1.29, 1.82) is 0 Å². The van der Waals surface area contributed by atoms with Crippen molar-refractivity contribution < 1.29 is 23.9 Å². The summed E-state index contributed by atoms with van der Waals surface area (Å²) in [5.74, 6) is -0.414. The van der Waals surface area contributed by atoms with Crippen molar-refractivity contribution in [3.63, 3.8) is 0 Å². The van der Waals surface area contributed by atoms with Crippen molar-refractivity contribution in [3.8, 4) is 5.75 Å². The summed E-state index contributed by atoms with van der Waals surface area (Å²) in [6, 6.07) is 5.39. The molecule has 0 radical (unpaired) electrons. The number of hydrogen-bond donors (Lipinski definition) is 0. The Hall–Kier alpha value is -1.80. The molecule has 0 saturated carbocycles. The molecule has 2 rings (SSSR count). The molecule has 0 aromatic heterocycles. The fourth-order valence-electron chi connectivity index (χ4n) is 2.17. The molecule has 0 bridgehead atoms. The van der Waals surface area contributed by atoms with Gasteiger partial charge >= 0.3 is 5.97 Å². The second-order valence-corrected chi connectivity index (χ2v) is 8.01. The van der Waals surface area contributed by atoms with Gasteiger partial charge in [0.2, 0.25) is 0 Å². The summed E-state index contributed by atoms with van der Waals surface area (Å²) in [7, 11) is 0. The zero-order valence-electron chi connectivity index (χ0n) is 14.9. The van der Waals surface area contributed by atoms with E-state index in [0.29, 0.717) is 5.75 Å². The molecule has 140 valence electrons. The monoisotopic (exact) mass is 441 g/mol. The molecule has 1 saturated heterocycles. The lowest BCUT2D eigenvalue weighted by Gasteiger charge is -2.13. The Kier molecular flexibility index (Phi) is 6.88. The number of carbonyl (C=O) groups excluding carboxylic acids is 3. The molecule has 0 spiro atoms. The first-order valence-electron chi connectivity index (χ1n) is 8.08. The van der Waals surface area contributed by atoms with Crippen LogP contribution in [0.1, 0.15) is 33.3 Å². The smallest absolute Gasteiger partial charge is 0.326 e. The summed E-state index contributed by atoms with van der Waals surface area (Å²) in [4.78, 5) is 37.3. The number of carbonyl (C=O) groups is 3. The van der Waals surface area contributed by atoms with Crippen LogP contribution >= 0.6 is 27.7 Å². The standard InChI is InChI=1S/C18H20BrNO5S/c1-10(2)24-14-6-5-12(7-13(14)19)8-15-17(22)20(18(23)26-15)9-16(21)25-11(3)4/h5-8,10-11H,9H2,1-4H3/b15-8-. The largest absolute Gasteiger partial charge is 0.490 e. The number of benzene rings is 1. The van der Waals surface area contributed by atoms with Crippen LogP contribution < -0.4 is 4.74 Å². The summed E-state index contributed by atoms with van der Waals surface area (Å²) >= 11 is 4.24. The average Bonchev–Trinajstić information content (AvgIpc) is 2.76. The van der Waals surface area contributed by atoms with E-state index in [0.717, 1.165) is 26.7 Å². The van der Waals surface area contributed by atoms with E-state index in [-0.39, 0.29) is 23.7 Å². The van der Waals surface area contributed by atoms with Crippen LogP contribution in [0.25, 0.3) is 6.08 Å². The molecular formula is C18H20BrNO5S. The number of rotatable bonds is 6. The third kappa shape index (κ3) is 5.35. The lowest BCUT2D eigenvalue weighted by Crippen LogP contribution is -2.35. The highest BCUT2D eigenvalue weighted by atomic mass is 79.9. The number of ether oxygens (including phenoxy) is 2. The Bertz CT molecular complexity index is 760. The van der Waals surface area contributed by atoms with E-state index >= 15 is 0 Å². The van der Waals surface area contributed by atoms with Crippen LogP contribution in [0.4, 0.5) is 4.79 Å². The van der Waals surface area contributed by atoms with Crippen molar-refractivity contribution in [2.24, 2.45) is 0 Å². The minimum atomic E-state index is -0.610. The van der Waals surface area contributed by atoms with Gasteiger partial charge in [0.05, 0.1) is 21.6 Å². The third-order valence-electron chi connectivity index (χ3n) is 3.14. The zero-order valence-corrected chi connectivity index (χ0v) is 17.3. The van der Waals surface area contributed by atoms with Gasteiger partial charge in [0.15, 0.2) is 0 Å². The van der Waals surface area contributed by atoms with E-state index < -0.39 is 17.1 Å². The first-order chi connectivity index (χ1) is 12.2. The molecule has 0 atom stereocenters. The van der Waals surface area contributed by atoms with Gasteiger partial charge in [-0.1, -0.05) is 6.07 Å². The van der Waals surface area contributed by atoms with Crippen LogP contribution in [0.2, 0.25) is 0 Å². The van der Waals surface area contributed by atoms with E-state index in [1.807, 2.05) is 13.8 Å². The summed E-state index contributed by atoms with van der Waals surface area (Å²) in [6.07, 6.45) is 1.35. The highest BCUT2D eigenvalue weighted by Gasteiger charge is 2.36. The van der Waals surface area contributed by atoms with Crippen molar-refractivity contribution >= 4 is 50.9 Å². The lowest BCUT2D eigenvalue weighted by atomic mass is 10.2. The molecule has 1 aromatic carbocycles. The van der Waals surface area contributed by atoms with E-state index in [1.54, 1.807) is 38.1 Å². The Morgan fingerprint density at radius 3 is 2.50 bits per heavy atom. The van der Waals surface area contributed by atoms with Crippen LogP contribution in [-0.2, 0) is 14.3 Å². The molecule has 26 heavy (non-hydrogen) atoms. The first-order valence-corrected chi connectivity index (χ1v) is 9.69. The highest BCUT2D eigenvalue weighted by molar-refractivity contribution is 9.10. The quantitative estimate of drug-likeness (QED) is 0.485. The molecule has 2 amide bonds. The number of halogens is 1. The predicted molar refractivity (Wildman–Crippen MR) is 104 cm³/mol. The number of esters is 1. The molecule has 1 heterocycles. The van der Waals surface area contributed by atoms with E-state index in [9.17, 15) is 14.4 Å². The molecular weight excluding hydrogens is 422 g/mol. The van der Waals surface area contributed by atoms with E-state index in [4.69, 9.17) is 9.47 Å². The first kappa shape index (κ1) is 20.5. The number of nitrogens with zero attached hydrogens (tertiary/aromatic N) is 1. The maximum atomic E-state index is 12.4. The Labute approximate surface area is 165 Å². The second-order valence-electron chi connectivity index (χ2n) is 6.16. The molecule has 1 aromatic rings. The maximum Gasteiger partial charge on any atom is 0.326 e. The van der Waals surface area contributed by atoms with Gasteiger partial charge < -0.3 is 9.47 Å². The number of thioether (sulfide) groups is 1. The van der Waals surface area contributed by atoms with Crippen LogP contribution in [0.5, 0.6) is 5.75 Å². The van der Waals surface area contributed by atoms with Crippen LogP contribution in [0.15, 0.2) is 27.6 Å².